The summed E-state index contributed by atoms with van der Waals surface area (Å²) in [6.45, 7) is 1.90. The number of hydrogen-bond acceptors (Lipinski definition) is 3. The number of aryl methyl sites for hydroxylation is 1. The second-order valence-corrected chi connectivity index (χ2v) is 6.64. The van der Waals surface area contributed by atoms with E-state index in [0.29, 0.717) is 11.3 Å². The summed E-state index contributed by atoms with van der Waals surface area (Å²) in [5, 5.41) is 2.69. The first-order valence-corrected chi connectivity index (χ1v) is 7.93. The Balaban J connectivity index is 2.25. The Labute approximate surface area is 118 Å². The van der Waals surface area contributed by atoms with Crippen LogP contribution >= 0.6 is 0 Å². The normalized spacial score (nSPS) is 11.1. The maximum Gasteiger partial charge on any atom is 0.255 e. The summed E-state index contributed by atoms with van der Waals surface area (Å²) >= 11 is 0. The molecule has 0 atom stereocenters. The minimum absolute atomic E-state index is 0.180. The van der Waals surface area contributed by atoms with Gasteiger partial charge in [0, 0.05) is 17.5 Å². The molecule has 104 valence electrons. The Morgan fingerprint density at radius 2 is 1.75 bits per heavy atom. The van der Waals surface area contributed by atoms with E-state index in [1.165, 1.54) is 12.1 Å². The molecule has 0 heterocycles. The second kappa shape index (κ2) is 5.46. The third-order valence-corrected chi connectivity index (χ3v) is 3.91. The van der Waals surface area contributed by atoms with E-state index < -0.39 is 9.84 Å². The van der Waals surface area contributed by atoms with Gasteiger partial charge in [-0.15, -0.1) is 0 Å². The van der Waals surface area contributed by atoms with E-state index in [9.17, 15) is 13.2 Å². The van der Waals surface area contributed by atoms with Gasteiger partial charge in [0.1, 0.15) is 0 Å². The maximum atomic E-state index is 12.1. The Morgan fingerprint density at radius 3 is 2.40 bits per heavy atom. The van der Waals surface area contributed by atoms with Gasteiger partial charge in [-0.3, -0.25) is 4.79 Å². The van der Waals surface area contributed by atoms with Gasteiger partial charge in [-0.25, -0.2) is 8.42 Å². The first-order valence-electron chi connectivity index (χ1n) is 6.04. The van der Waals surface area contributed by atoms with Crippen molar-refractivity contribution in [1.29, 1.82) is 0 Å². The van der Waals surface area contributed by atoms with Crippen LogP contribution < -0.4 is 5.32 Å². The van der Waals surface area contributed by atoms with E-state index >= 15 is 0 Å². The van der Waals surface area contributed by atoms with Gasteiger partial charge >= 0.3 is 0 Å². The van der Waals surface area contributed by atoms with Crippen molar-refractivity contribution in [2.75, 3.05) is 11.6 Å². The molecule has 0 fully saturated rings. The number of nitrogens with one attached hydrogen (secondary N) is 1. The van der Waals surface area contributed by atoms with Crippen LogP contribution in [-0.2, 0) is 9.84 Å². The van der Waals surface area contributed by atoms with Gasteiger partial charge in [0.05, 0.1) is 4.90 Å². The largest absolute Gasteiger partial charge is 0.322 e. The predicted octanol–water partition coefficient (Wildman–Crippen LogP) is 2.65. The van der Waals surface area contributed by atoms with Crippen LogP contribution in [0, 0.1) is 6.92 Å². The first kappa shape index (κ1) is 14.3. The van der Waals surface area contributed by atoms with Gasteiger partial charge in [0.15, 0.2) is 9.84 Å². The molecule has 0 aromatic heterocycles. The molecule has 0 radical (unpaired) electrons. The van der Waals surface area contributed by atoms with Crippen molar-refractivity contribution in [1.82, 2.24) is 0 Å². The second-order valence-electron chi connectivity index (χ2n) is 4.62. The third-order valence-electron chi connectivity index (χ3n) is 2.80. The Kier molecular flexibility index (Phi) is 3.90. The van der Waals surface area contributed by atoms with Crippen LogP contribution in [0.4, 0.5) is 5.69 Å². The molecular formula is C15H15NO3S. The lowest BCUT2D eigenvalue weighted by molar-refractivity contribution is 0.102. The minimum Gasteiger partial charge on any atom is -0.322 e. The zero-order valence-corrected chi connectivity index (χ0v) is 12.1. The fourth-order valence-electron chi connectivity index (χ4n) is 1.79. The van der Waals surface area contributed by atoms with Crippen LogP contribution in [0.25, 0.3) is 0 Å². The number of sulfone groups is 1. The molecule has 0 aliphatic carbocycles. The summed E-state index contributed by atoms with van der Waals surface area (Å²) in [5.74, 6) is -0.264. The van der Waals surface area contributed by atoms with Crippen molar-refractivity contribution in [3.63, 3.8) is 0 Å². The number of rotatable bonds is 3. The van der Waals surface area contributed by atoms with Crippen molar-refractivity contribution >= 4 is 21.4 Å². The van der Waals surface area contributed by atoms with Crippen molar-refractivity contribution < 1.29 is 13.2 Å². The van der Waals surface area contributed by atoms with Crippen molar-refractivity contribution in [3.05, 3.63) is 59.7 Å². The molecule has 20 heavy (non-hydrogen) atoms. The quantitative estimate of drug-likeness (QED) is 0.944. The Bertz CT molecular complexity index is 751. The highest BCUT2D eigenvalue weighted by Crippen LogP contribution is 2.16. The highest BCUT2D eigenvalue weighted by atomic mass is 32.2. The Hall–Kier alpha value is -2.14. The van der Waals surface area contributed by atoms with Crippen LogP contribution in [0.3, 0.4) is 0 Å². The SMILES string of the molecule is Cc1cccc(C(=O)Nc2cccc(S(C)(=O)=O)c2)c1. The van der Waals surface area contributed by atoms with Gasteiger partial charge in [0.2, 0.25) is 0 Å². The van der Waals surface area contributed by atoms with Crippen LogP contribution in [0.5, 0.6) is 0 Å². The third kappa shape index (κ3) is 3.45. The van der Waals surface area contributed by atoms with Gasteiger partial charge in [-0.2, -0.15) is 0 Å². The fraction of sp³-hybridized carbons (Fsp3) is 0.133. The van der Waals surface area contributed by atoms with E-state index in [4.69, 9.17) is 0 Å². The molecule has 2 aromatic rings. The number of hydrogen-bond donors (Lipinski definition) is 1. The Morgan fingerprint density at radius 1 is 1.05 bits per heavy atom. The fourth-order valence-corrected chi connectivity index (χ4v) is 2.46. The lowest BCUT2D eigenvalue weighted by atomic mass is 10.1. The molecule has 1 amide bonds. The zero-order valence-electron chi connectivity index (χ0n) is 11.3. The summed E-state index contributed by atoms with van der Waals surface area (Å²) in [5.41, 5.74) is 1.98. The van der Waals surface area contributed by atoms with Crippen molar-refractivity contribution in [2.24, 2.45) is 0 Å². The highest BCUT2D eigenvalue weighted by Gasteiger charge is 2.10. The van der Waals surface area contributed by atoms with Gasteiger partial charge < -0.3 is 5.32 Å². The topological polar surface area (TPSA) is 63.2 Å². The van der Waals surface area contributed by atoms with Crippen molar-refractivity contribution in [3.8, 4) is 0 Å². The zero-order chi connectivity index (χ0) is 14.8. The molecule has 0 saturated heterocycles. The molecule has 0 spiro atoms. The monoisotopic (exact) mass is 289 g/mol. The van der Waals surface area contributed by atoms with Crippen molar-refractivity contribution in [2.45, 2.75) is 11.8 Å². The summed E-state index contributed by atoms with van der Waals surface area (Å²) < 4.78 is 22.9. The number of amides is 1. The van der Waals surface area contributed by atoms with E-state index in [2.05, 4.69) is 5.32 Å². The average molecular weight is 289 g/mol. The molecule has 0 saturated carbocycles. The number of benzene rings is 2. The first-order chi connectivity index (χ1) is 9.36. The van der Waals surface area contributed by atoms with Crippen LogP contribution in [0.1, 0.15) is 15.9 Å². The predicted molar refractivity (Wildman–Crippen MR) is 78.7 cm³/mol. The van der Waals surface area contributed by atoms with Gasteiger partial charge in [-0.05, 0) is 37.3 Å². The van der Waals surface area contributed by atoms with Gasteiger partial charge in [0.25, 0.3) is 5.91 Å². The van der Waals surface area contributed by atoms with E-state index in [1.807, 2.05) is 13.0 Å². The van der Waals surface area contributed by atoms with E-state index in [0.717, 1.165) is 11.8 Å². The number of carbonyl (C=O) groups is 1. The van der Waals surface area contributed by atoms with E-state index in [1.54, 1.807) is 30.3 Å². The average Bonchev–Trinajstić information content (AvgIpc) is 2.38. The van der Waals surface area contributed by atoms with Crippen LogP contribution in [0.15, 0.2) is 53.4 Å². The van der Waals surface area contributed by atoms with Gasteiger partial charge in [-0.1, -0.05) is 23.8 Å². The lowest BCUT2D eigenvalue weighted by Gasteiger charge is -2.07. The molecule has 5 heteroatoms. The molecule has 0 aliphatic heterocycles. The summed E-state index contributed by atoms with van der Waals surface area (Å²) in [6, 6.07) is 13.4. The highest BCUT2D eigenvalue weighted by molar-refractivity contribution is 7.90. The number of anilines is 1. The summed E-state index contributed by atoms with van der Waals surface area (Å²) in [7, 11) is -3.28. The number of carbonyl (C=O) groups excluding carboxylic acids is 1. The molecular weight excluding hydrogens is 274 g/mol. The van der Waals surface area contributed by atoms with E-state index in [-0.39, 0.29) is 10.8 Å². The maximum absolute atomic E-state index is 12.1. The molecule has 0 unspecified atom stereocenters. The molecule has 0 bridgehead atoms. The lowest BCUT2D eigenvalue weighted by Crippen LogP contribution is -2.12. The summed E-state index contributed by atoms with van der Waals surface area (Å²) in [4.78, 5) is 12.2. The molecule has 1 N–H and O–H groups in total. The van der Waals surface area contributed by atoms with Crippen LogP contribution in [-0.4, -0.2) is 20.6 Å². The standard InChI is InChI=1S/C15H15NO3S/c1-11-5-3-6-12(9-11)15(17)16-13-7-4-8-14(10-13)20(2,18)19/h3-10H,1-2H3,(H,16,17). The van der Waals surface area contributed by atoms with Crippen LogP contribution in [0.2, 0.25) is 0 Å². The summed E-state index contributed by atoms with van der Waals surface area (Å²) in [6.07, 6.45) is 1.13. The molecule has 2 rings (SSSR count). The molecule has 4 nitrogen and oxygen atoms in total. The molecule has 2 aromatic carbocycles. The minimum atomic E-state index is -3.28. The smallest absolute Gasteiger partial charge is 0.255 e. The molecule has 0 aliphatic rings.